The predicted octanol–water partition coefficient (Wildman–Crippen LogP) is 1.09. The van der Waals surface area contributed by atoms with E-state index in [0.717, 1.165) is 15.6 Å². The minimum atomic E-state index is 1.03. The third-order valence-corrected chi connectivity index (χ3v) is 2.98. The Kier molecular flexibility index (Phi) is 1.36. The van der Waals surface area contributed by atoms with Gasteiger partial charge in [0.1, 0.15) is 0 Å². The Hall–Kier alpha value is -1.14. The van der Waals surface area contributed by atoms with E-state index in [9.17, 15) is 0 Å². The summed E-state index contributed by atoms with van der Waals surface area (Å²) >= 11 is 2.54. The van der Waals surface area contributed by atoms with Crippen LogP contribution in [0.2, 0.25) is 0 Å². The van der Waals surface area contributed by atoms with Gasteiger partial charge in [0.2, 0.25) is 0 Å². The molecule has 0 saturated carbocycles. The first-order valence-corrected chi connectivity index (χ1v) is 4.95. The van der Waals surface area contributed by atoms with E-state index in [0.29, 0.717) is 0 Å². The fourth-order valence-corrected chi connectivity index (χ4v) is 2.13. The van der Waals surface area contributed by atoms with Gasteiger partial charge in [-0.2, -0.15) is 0 Å². The van der Waals surface area contributed by atoms with Gasteiger partial charge in [-0.25, -0.2) is 0 Å². The molecule has 13 heavy (non-hydrogen) atoms. The number of hydrogen-bond donors (Lipinski definition) is 0. The first kappa shape index (κ1) is 7.28. The number of benzene rings is 1. The summed E-state index contributed by atoms with van der Waals surface area (Å²) in [4.78, 5) is 8.66. The fourth-order valence-electron chi connectivity index (χ4n) is 1.62. The first-order valence-electron chi connectivity index (χ1n) is 4.01. The first-order chi connectivity index (χ1) is 6.36. The molecule has 0 aliphatic carbocycles. The number of aliphatic imine (C=N–C) groups is 1. The average molecular weight is 228 g/mol. The van der Waals surface area contributed by atoms with Crippen LogP contribution < -0.4 is 4.35 Å². The molecular weight excluding hydrogens is 223 g/mol. The number of rotatable bonds is 0. The average Bonchev–Trinajstić information content (AvgIpc) is 2.57. The van der Waals surface area contributed by atoms with Crippen molar-refractivity contribution >= 4 is 44.0 Å². The molecule has 1 aromatic carbocycles. The number of aromatic nitrogens is 1. The Morgan fingerprint density at radius 1 is 1.15 bits per heavy atom. The van der Waals surface area contributed by atoms with Crippen LogP contribution >= 0.6 is 0 Å². The van der Waals surface area contributed by atoms with E-state index in [1.165, 1.54) is 10.9 Å². The zero-order valence-corrected chi connectivity index (χ0v) is 8.60. The molecule has 1 aliphatic rings. The van der Waals surface area contributed by atoms with Crippen LogP contribution in [0.25, 0.3) is 10.9 Å². The van der Waals surface area contributed by atoms with Gasteiger partial charge in [-0.05, 0) is 0 Å². The van der Waals surface area contributed by atoms with Crippen LogP contribution in [0.5, 0.6) is 0 Å². The second-order valence-electron chi connectivity index (χ2n) is 2.99. The van der Waals surface area contributed by atoms with Gasteiger partial charge in [0, 0.05) is 0 Å². The molecule has 2 heterocycles. The van der Waals surface area contributed by atoms with Gasteiger partial charge >= 0.3 is 83.9 Å². The van der Waals surface area contributed by atoms with Crippen LogP contribution in [-0.2, 0) is 0 Å². The summed E-state index contributed by atoms with van der Waals surface area (Å²) in [6.45, 7) is 0. The van der Waals surface area contributed by atoms with Crippen molar-refractivity contribution in [3.05, 3.63) is 30.0 Å². The molecule has 0 fully saturated rings. The Bertz CT molecular complexity index is 532. The normalized spacial score (nSPS) is 12.7. The number of hydrogen-bond acceptors (Lipinski definition) is 2. The zero-order chi connectivity index (χ0) is 8.84. The summed E-state index contributed by atoms with van der Waals surface area (Å²) in [6.07, 6.45) is 3.72. The van der Waals surface area contributed by atoms with Crippen LogP contribution in [0.1, 0.15) is 5.56 Å². The van der Waals surface area contributed by atoms with Crippen LogP contribution in [0.4, 0.5) is 5.69 Å². The van der Waals surface area contributed by atoms with Crippen molar-refractivity contribution in [2.75, 3.05) is 0 Å². The van der Waals surface area contributed by atoms with Crippen LogP contribution in [0, 0.1) is 0 Å². The summed E-state index contributed by atoms with van der Waals surface area (Å²) in [6, 6.07) is 6.07. The molecule has 3 rings (SSSR count). The molecule has 0 saturated heterocycles. The molecule has 2 radical (unpaired) electrons. The summed E-state index contributed by atoms with van der Waals surface area (Å²) in [5.74, 6) is 0. The Balaban J connectivity index is 2.62. The maximum atomic E-state index is 4.36. The van der Waals surface area contributed by atoms with Crippen molar-refractivity contribution in [1.82, 2.24) is 4.98 Å². The molecular formula is C10H5AsN2. The molecule has 0 amide bonds. The SMILES string of the molecule is [As]c1ccc2nccc3c2c1N=C3. The molecule has 0 unspecified atom stereocenters. The van der Waals surface area contributed by atoms with Crippen molar-refractivity contribution in [3.8, 4) is 0 Å². The molecule has 60 valence electrons. The third-order valence-electron chi connectivity index (χ3n) is 2.22. The van der Waals surface area contributed by atoms with E-state index < -0.39 is 0 Å². The van der Waals surface area contributed by atoms with Crippen LogP contribution in [-0.4, -0.2) is 28.1 Å². The molecule has 0 atom stereocenters. The Morgan fingerprint density at radius 2 is 2.08 bits per heavy atom. The van der Waals surface area contributed by atoms with Gasteiger partial charge in [-0.3, -0.25) is 0 Å². The summed E-state index contributed by atoms with van der Waals surface area (Å²) in [5.41, 5.74) is 3.26. The van der Waals surface area contributed by atoms with E-state index in [-0.39, 0.29) is 0 Å². The van der Waals surface area contributed by atoms with E-state index in [1.807, 2.05) is 30.6 Å². The molecule has 1 aliphatic heterocycles. The molecule has 0 bridgehead atoms. The molecule has 1 aromatic heterocycles. The van der Waals surface area contributed by atoms with Crippen LogP contribution in [0.3, 0.4) is 0 Å². The maximum absolute atomic E-state index is 4.36. The van der Waals surface area contributed by atoms with Gasteiger partial charge in [-0.15, -0.1) is 0 Å². The number of pyridine rings is 1. The second-order valence-corrected chi connectivity index (χ2v) is 4.00. The quantitative estimate of drug-likeness (QED) is 0.529. The summed E-state index contributed by atoms with van der Waals surface area (Å²) < 4.78 is 1.16. The third kappa shape index (κ3) is 0.895. The predicted molar refractivity (Wildman–Crippen MR) is 54.4 cm³/mol. The standard InChI is InChI=1S/C10H5AsN2/c11-7-1-2-8-9-6(3-4-12-8)5-13-10(7)9/h1-5H. The molecule has 3 heteroatoms. The molecule has 0 spiro atoms. The van der Waals surface area contributed by atoms with E-state index >= 15 is 0 Å². The Morgan fingerprint density at radius 3 is 3.00 bits per heavy atom. The van der Waals surface area contributed by atoms with Gasteiger partial charge in [-0.1, -0.05) is 0 Å². The minimum absolute atomic E-state index is 1.03. The van der Waals surface area contributed by atoms with Crippen molar-refractivity contribution < 1.29 is 0 Å². The number of nitrogens with zero attached hydrogens (tertiary/aromatic N) is 2. The van der Waals surface area contributed by atoms with Crippen molar-refractivity contribution in [3.63, 3.8) is 0 Å². The van der Waals surface area contributed by atoms with E-state index in [4.69, 9.17) is 0 Å². The fraction of sp³-hybridized carbons (Fsp3) is 0. The Labute approximate surface area is 84.2 Å². The molecule has 2 nitrogen and oxygen atoms in total. The molecule has 0 N–H and O–H groups in total. The second kappa shape index (κ2) is 2.43. The van der Waals surface area contributed by atoms with Crippen molar-refractivity contribution in [2.24, 2.45) is 4.99 Å². The summed E-state index contributed by atoms with van der Waals surface area (Å²) in [7, 11) is 0. The van der Waals surface area contributed by atoms with Gasteiger partial charge in [0.05, 0.1) is 0 Å². The molecule has 2 aromatic rings. The van der Waals surface area contributed by atoms with Crippen LogP contribution in [0.15, 0.2) is 29.4 Å². The monoisotopic (exact) mass is 228 g/mol. The topological polar surface area (TPSA) is 25.2 Å². The van der Waals surface area contributed by atoms with Gasteiger partial charge < -0.3 is 0 Å². The van der Waals surface area contributed by atoms with E-state index in [1.54, 1.807) is 0 Å². The van der Waals surface area contributed by atoms with Gasteiger partial charge in [0.25, 0.3) is 0 Å². The van der Waals surface area contributed by atoms with Crippen molar-refractivity contribution in [2.45, 2.75) is 0 Å². The van der Waals surface area contributed by atoms with Gasteiger partial charge in [0.15, 0.2) is 0 Å². The van der Waals surface area contributed by atoms with E-state index in [2.05, 4.69) is 26.8 Å². The summed E-state index contributed by atoms with van der Waals surface area (Å²) in [5, 5.41) is 1.18. The van der Waals surface area contributed by atoms with Crippen molar-refractivity contribution in [1.29, 1.82) is 0 Å². The zero-order valence-electron chi connectivity index (χ0n) is 6.73.